The zero-order valence-electron chi connectivity index (χ0n) is 13.0. The number of hydrogen-bond acceptors (Lipinski definition) is 4. The summed E-state index contributed by atoms with van der Waals surface area (Å²) in [5, 5.41) is 10.9. The number of hydrogen-bond donors (Lipinski definition) is 3. The average Bonchev–Trinajstić information content (AvgIpc) is 2.57. The Hall–Kier alpha value is -2.36. The molecule has 2 aromatic rings. The van der Waals surface area contributed by atoms with Crippen molar-refractivity contribution in [3.63, 3.8) is 0 Å². The number of aliphatic hydroxyl groups is 1. The molecule has 9 heteroatoms. The van der Waals surface area contributed by atoms with Gasteiger partial charge in [-0.15, -0.1) is 0 Å². The molecule has 0 saturated heterocycles. The van der Waals surface area contributed by atoms with Gasteiger partial charge in [0.15, 0.2) is 0 Å². The van der Waals surface area contributed by atoms with E-state index in [1.807, 2.05) is 0 Å². The summed E-state index contributed by atoms with van der Waals surface area (Å²) >= 11 is 0. The van der Waals surface area contributed by atoms with Gasteiger partial charge in [0.05, 0.1) is 10.6 Å². The molecule has 0 bridgehead atoms. The molecule has 0 radical (unpaired) electrons. The van der Waals surface area contributed by atoms with Crippen molar-refractivity contribution >= 4 is 21.6 Å². The second kappa shape index (κ2) is 8.15. The zero-order valence-corrected chi connectivity index (χ0v) is 13.8. The lowest BCUT2D eigenvalue weighted by Crippen LogP contribution is -2.25. The fourth-order valence-electron chi connectivity index (χ4n) is 1.93. The maximum atomic E-state index is 14.1. The standard InChI is InChI=1S/C16H16F2N2O4S/c17-12-4-2-11(3-5-12)16(22)20-15-7-6-13(10-14(15)18)25(23,24)19-8-1-9-21/h2-7,10,19,21H,1,8-9H2,(H,20,22). The van der Waals surface area contributed by atoms with Gasteiger partial charge >= 0.3 is 0 Å². The minimum Gasteiger partial charge on any atom is -0.396 e. The van der Waals surface area contributed by atoms with Crippen molar-refractivity contribution in [1.82, 2.24) is 4.72 Å². The third-order valence-electron chi connectivity index (χ3n) is 3.23. The third kappa shape index (κ3) is 5.05. The van der Waals surface area contributed by atoms with Crippen LogP contribution in [0, 0.1) is 11.6 Å². The van der Waals surface area contributed by atoms with Gasteiger partial charge in [-0.25, -0.2) is 21.9 Å². The van der Waals surface area contributed by atoms with Gasteiger partial charge in [0, 0.05) is 18.7 Å². The molecule has 0 aliphatic carbocycles. The summed E-state index contributed by atoms with van der Waals surface area (Å²) in [5.41, 5.74) is -0.0770. The molecular formula is C16H16F2N2O4S. The highest BCUT2D eigenvalue weighted by molar-refractivity contribution is 7.89. The fraction of sp³-hybridized carbons (Fsp3) is 0.188. The Morgan fingerprint density at radius 1 is 1.08 bits per heavy atom. The predicted octanol–water partition coefficient (Wildman–Crippen LogP) is 1.88. The second-order valence-corrected chi connectivity index (χ2v) is 6.84. The van der Waals surface area contributed by atoms with Gasteiger partial charge in [0.25, 0.3) is 5.91 Å². The molecule has 25 heavy (non-hydrogen) atoms. The Labute approximate surface area is 143 Å². The number of anilines is 1. The van der Waals surface area contributed by atoms with E-state index in [4.69, 9.17) is 5.11 Å². The number of aliphatic hydroxyl groups excluding tert-OH is 1. The molecule has 0 heterocycles. The lowest BCUT2D eigenvalue weighted by Gasteiger charge is -2.10. The molecule has 6 nitrogen and oxygen atoms in total. The van der Waals surface area contributed by atoms with E-state index >= 15 is 0 Å². The number of halogens is 2. The van der Waals surface area contributed by atoms with Crippen LogP contribution >= 0.6 is 0 Å². The third-order valence-corrected chi connectivity index (χ3v) is 4.69. The Morgan fingerprint density at radius 2 is 1.76 bits per heavy atom. The van der Waals surface area contributed by atoms with Crippen molar-refractivity contribution in [3.8, 4) is 0 Å². The number of rotatable bonds is 7. The summed E-state index contributed by atoms with van der Waals surface area (Å²) in [6, 6.07) is 7.72. The molecular weight excluding hydrogens is 354 g/mol. The molecule has 134 valence electrons. The van der Waals surface area contributed by atoms with Crippen molar-refractivity contribution in [3.05, 3.63) is 59.7 Å². The Balaban J connectivity index is 2.13. The van der Waals surface area contributed by atoms with Crippen LogP contribution < -0.4 is 10.0 Å². The summed E-state index contributed by atoms with van der Waals surface area (Å²) in [4.78, 5) is 11.7. The topological polar surface area (TPSA) is 95.5 Å². The Bertz CT molecular complexity index is 855. The number of benzene rings is 2. The first-order chi connectivity index (χ1) is 11.8. The predicted molar refractivity (Wildman–Crippen MR) is 87.6 cm³/mol. The first kappa shape index (κ1) is 19.0. The van der Waals surface area contributed by atoms with E-state index in [0.29, 0.717) is 0 Å². The number of amides is 1. The van der Waals surface area contributed by atoms with Crippen LogP contribution in [0.2, 0.25) is 0 Å². The van der Waals surface area contributed by atoms with E-state index in [-0.39, 0.29) is 35.7 Å². The van der Waals surface area contributed by atoms with Crippen molar-refractivity contribution in [2.24, 2.45) is 0 Å². The van der Waals surface area contributed by atoms with Crippen LogP contribution in [-0.2, 0) is 10.0 Å². The molecule has 0 atom stereocenters. The molecule has 1 amide bonds. The number of carbonyl (C=O) groups is 1. The highest BCUT2D eigenvalue weighted by Gasteiger charge is 2.17. The van der Waals surface area contributed by atoms with Gasteiger partial charge in [-0.05, 0) is 48.9 Å². The van der Waals surface area contributed by atoms with Crippen LogP contribution in [0.1, 0.15) is 16.8 Å². The SMILES string of the molecule is O=C(Nc1ccc(S(=O)(=O)NCCCO)cc1F)c1ccc(F)cc1. The van der Waals surface area contributed by atoms with E-state index in [2.05, 4.69) is 10.0 Å². The maximum absolute atomic E-state index is 14.1. The molecule has 0 aliphatic rings. The largest absolute Gasteiger partial charge is 0.396 e. The van der Waals surface area contributed by atoms with E-state index < -0.39 is 27.6 Å². The van der Waals surface area contributed by atoms with Gasteiger partial charge in [-0.2, -0.15) is 0 Å². The number of nitrogens with one attached hydrogen (secondary N) is 2. The molecule has 0 saturated carbocycles. The Morgan fingerprint density at radius 3 is 2.36 bits per heavy atom. The molecule has 2 aromatic carbocycles. The van der Waals surface area contributed by atoms with Crippen molar-refractivity contribution in [1.29, 1.82) is 0 Å². The summed E-state index contributed by atoms with van der Waals surface area (Å²) in [7, 11) is -3.91. The van der Waals surface area contributed by atoms with Crippen molar-refractivity contribution < 1.29 is 27.1 Å². The molecule has 3 N–H and O–H groups in total. The van der Waals surface area contributed by atoms with E-state index in [9.17, 15) is 22.0 Å². The Kier molecular flexibility index (Phi) is 6.18. The highest BCUT2D eigenvalue weighted by Crippen LogP contribution is 2.20. The lowest BCUT2D eigenvalue weighted by molar-refractivity contribution is 0.102. The van der Waals surface area contributed by atoms with Gasteiger partial charge in [0.1, 0.15) is 11.6 Å². The minimum absolute atomic E-state index is 0.0174. The van der Waals surface area contributed by atoms with Crippen LogP contribution in [-0.4, -0.2) is 32.6 Å². The first-order valence-corrected chi connectivity index (χ1v) is 8.79. The monoisotopic (exact) mass is 370 g/mol. The molecule has 0 fully saturated rings. The van der Waals surface area contributed by atoms with E-state index in [0.717, 1.165) is 30.3 Å². The highest BCUT2D eigenvalue weighted by atomic mass is 32.2. The quantitative estimate of drug-likeness (QED) is 0.649. The van der Waals surface area contributed by atoms with Crippen LogP contribution in [0.15, 0.2) is 47.4 Å². The van der Waals surface area contributed by atoms with Crippen LogP contribution in [0.3, 0.4) is 0 Å². The minimum atomic E-state index is -3.91. The lowest BCUT2D eigenvalue weighted by atomic mass is 10.2. The van der Waals surface area contributed by atoms with Gasteiger partial charge in [-0.3, -0.25) is 4.79 Å². The van der Waals surface area contributed by atoms with Gasteiger partial charge in [-0.1, -0.05) is 0 Å². The smallest absolute Gasteiger partial charge is 0.255 e. The van der Waals surface area contributed by atoms with Crippen molar-refractivity contribution in [2.45, 2.75) is 11.3 Å². The number of carbonyl (C=O) groups excluding carboxylic acids is 1. The zero-order chi connectivity index (χ0) is 18.4. The van der Waals surface area contributed by atoms with E-state index in [1.54, 1.807) is 0 Å². The van der Waals surface area contributed by atoms with Crippen LogP contribution in [0.4, 0.5) is 14.5 Å². The maximum Gasteiger partial charge on any atom is 0.255 e. The molecule has 0 spiro atoms. The number of sulfonamides is 1. The molecule has 0 aliphatic heterocycles. The van der Waals surface area contributed by atoms with Gasteiger partial charge < -0.3 is 10.4 Å². The fourth-order valence-corrected chi connectivity index (χ4v) is 3.01. The van der Waals surface area contributed by atoms with Crippen LogP contribution in [0.25, 0.3) is 0 Å². The summed E-state index contributed by atoms with van der Waals surface area (Å²) < 4.78 is 53.1. The van der Waals surface area contributed by atoms with Crippen molar-refractivity contribution in [2.75, 3.05) is 18.5 Å². The average molecular weight is 370 g/mol. The van der Waals surface area contributed by atoms with E-state index in [1.165, 1.54) is 12.1 Å². The normalized spacial score (nSPS) is 11.3. The summed E-state index contributed by atoms with van der Waals surface area (Å²) in [6.45, 7) is -0.158. The second-order valence-electron chi connectivity index (χ2n) is 5.08. The molecule has 0 aromatic heterocycles. The summed E-state index contributed by atoms with van der Waals surface area (Å²) in [5.74, 6) is -2.10. The molecule has 2 rings (SSSR count). The molecule has 0 unspecified atom stereocenters. The first-order valence-electron chi connectivity index (χ1n) is 7.30. The van der Waals surface area contributed by atoms with Gasteiger partial charge in [0.2, 0.25) is 10.0 Å². The van der Waals surface area contributed by atoms with Crippen LogP contribution in [0.5, 0.6) is 0 Å². The summed E-state index contributed by atoms with van der Waals surface area (Å²) in [6.07, 6.45) is 0.230.